The van der Waals surface area contributed by atoms with Crippen molar-refractivity contribution in [1.82, 2.24) is 0 Å². The minimum absolute atomic E-state index is 0.128. The van der Waals surface area contributed by atoms with Gasteiger partial charge in [0, 0.05) is 6.61 Å². The van der Waals surface area contributed by atoms with Crippen molar-refractivity contribution in [2.75, 3.05) is 6.61 Å². The Morgan fingerprint density at radius 1 is 1.47 bits per heavy atom. The summed E-state index contributed by atoms with van der Waals surface area (Å²) in [6.07, 6.45) is 7.85. The van der Waals surface area contributed by atoms with Gasteiger partial charge in [-0.25, -0.2) is 0 Å². The number of hydrogen-bond acceptors (Lipinski definition) is 3. The van der Waals surface area contributed by atoms with Gasteiger partial charge in [0.15, 0.2) is 12.6 Å². The Morgan fingerprint density at radius 2 is 2.35 bits per heavy atom. The standard InChI is InChI=1S/C14H22O3/c1-2-3-4-8-13(9-7-11-15)17-14-10-5-6-12-16-14/h11,13-14H,2-6,8,10,12H2,1H3/t13-,14?/m0/s1. The molecule has 1 heterocycles. The van der Waals surface area contributed by atoms with Crippen LogP contribution in [0.4, 0.5) is 0 Å². The van der Waals surface area contributed by atoms with E-state index in [0.29, 0.717) is 6.29 Å². The van der Waals surface area contributed by atoms with Gasteiger partial charge in [-0.3, -0.25) is 4.79 Å². The van der Waals surface area contributed by atoms with E-state index in [9.17, 15) is 4.79 Å². The molecule has 3 nitrogen and oxygen atoms in total. The van der Waals surface area contributed by atoms with Gasteiger partial charge in [-0.15, -0.1) is 0 Å². The van der Waals surface area contributed by atoms with E-state index in [0.717, 1.165) is 38.7 Å². The van der Waals surface area contributed by atoms with Crippen LogP contribution in [0.3, 0.4) is 0 Å². The average molecular weight is 238 g/mol. The highest BCUT2D eigenvalue weighted by Gasteiger charge is 2.18. The number of hydrogen-bond donors (Lipinski definition) is 0. The molecule has 1 unspecified atom stereocenters. The molecule has 0 aromatic rings. The van der Waals surface area contributed by atoms with Crippen molar-refractivity contribution in [3.63, 3.8) is 0 Å². The molecule has 0 aliphatic carbocycles. The van der Waals surface area contributed by atoms with Gasteiger partial charge < -0.3 is 9.47 Å². The summed E-state index contributed by atoms with van der Waals surface area (Å²) >= 11 is 0. The SMILES string of the molecule is CCCCC[C@@H](C#CC=O)OC1CCCCO1. The number of aldehydes is 1. The van der Waals surface area contributed by atoms with Crippen molar-refractivity contribution >= 4 is 6.29 Å². The summed E-state index contributed by atoms with van der Waals surface area (Å²) in [6.45, 7) is 2.94. The first-order valence-corrected chi connectivity index (χ1v) is 6.58. The average Bonchev–Trinajstić information content (AvgIpc) is 2.37. The summed E-state index contributed by atoms with van der Waals surface area (Å²) in [5.74, 6) is 5.31. The lowest BCUT2D eigenvalue weighted by Gasteiger charge is -2.25. The Kier molecular flexibility index (Phi) is 7.70. The van der Waals surface area contributed by atoms with Crippen LogP contribution in [0.1, 0.15) is 51.9 Å². The Balaban J connectivity index is 2.35. The highest BCUT2D eigenvalue weighted by Crippen LogP contribution is 2.17. The van der Waals surface area contributed by atoms with Gasteiger partial charge in [0.2, 0.25) is 0 Å². The van der Waals surface area contributed by atoms with Gasteiger partial charge in [0.25, 0.3) is 0 Å². The zero-order chi connectivity index (χ0) is 12.3. The van der Waals surface area contributed by atoms with E-state index in [2.05, 4.69) is 18.8 Å². The minimum atomic E-state index is -0.158. The van der Waals surface area contributed by atoms with Crippen molar-refractivity contribution in [2.24, 2.45) is 0 Å². The molecule has 0 N–H and O–H groups in total. The molecule has 1 fully saturated rings. The molecular weight excluding hydrogens is 216 g/mol. The highest BCUT2D eigenvalue weighted by molar-refractivity contribution is 5.72. The van der Waals surface area contributed by atoms with Crippen LogP contribution in [0, 0.1) is 11.8 Å². The predicted molar refractivity (Wildman–Crippen MR) is 66.4 cm³/mol. The fourth-order valence-electron chi connectivity index (χ4n) is 1.88. The van der Waals surface area contributed by atoms with E-state index in [1.165, 1.54) is 12.8 Å². The largest absolute Gasteiger partial charge is 0.353 e. The van der Waals surface area contributed by atoms with E-state index in [-0.39, 0.29) is 12.4 Å². The quantitative estimate of drug-likeness (QED) is 0.405. The summed E-state index contributed by atoms with van der Waals surface area (Å²) in [5, 5.41) is 0. The van der Waals surface area contributed by atoms with Crippen LogP contribution in [0.25, 0.3) is 0 Å². The predicted octanol–water partition coefficient (Wildman–Crippen LogP) is 2.68. The fraction of sp³-hybridized carbons (Fsp3) is 0.786. The highest BCUT2D eigenvalue weighted by atomic mass is 16.7. The second-order valence-corrected chi connectivity index (χ2v) is 4.32. The maximum absolute atomic E-state index is 10.3. The van der Waals surface area contributed by atoms with E-state index < -0.39 is 0 Å². The lowest BCUT2D eigenvalue weighted by molar-refractivity contribution is -0.177. The van der Waals surface area contributed by atoms with Crippen molar-refractivity contribution < 1.29 is 14.3 Å². The number of rotatable bonds is 6. The molecule has 0 aromatic carbocycles. The molecule has 0 radical (unpaired) electrons. The van der Waals surface area contributed by atoms with Gasteiger partial charge in [-0.2, -0.15) is 0 Å². The normalized spacial score (nSPS) is 21.4. The third-order valence-corrected chi connectivity index (χ3v) is 2.83. The summed E-state index contributed by atoms with van der Waals surface area (Å²) in [4.78, 5) is 10.3. The van der Waals surface area contributed by atoms with E-state index in [4.69, 9.17) is 9.47 Å². The van der Waals surface area contributed by atoms with Crippen LogP contribution in [0.2, 0.25) is 0 Å². The smallest absolute Gasteiger partial charge is 0.192 e. The first kappa shape index (κ1) is 14.2. The molecule has 1 rings (SSSR count). The van der Waals surface area contributed by atoms with Gasteiger partial charge in [0.1, 0.15) is 6.10 Å². The van der Waals surface area contributed by atoms with Crippen molar-refractivity contribution in [2.45, 2.75) is 64.3 Å². The molecule has 0 bridgehead atoms. The molecule has 0 saturated carbocycles. The van der Waals surface area contributed by atoms with Crippen LogP contribution in [-0.4, -0.2) is 25.3 Å². The maximum Gasteiger partial charge on any atom is 0.192 e. The molecular formula is C14H22O3. The Morgan fingerprint density at radius 3 is 3.00 bits per heavy atom. The van der Waals surface area contributed by atoms with Gasteiger partial charge in [-0.05, 0) is 38.0 Å². The van der Waals surface area contributed by atoms with E-state index >= 15 is 0 Å². The summed E-state index contributed by atoms with van der Waals surface area (Å²) in [6, 6.07) is 0. The molecule has 96 valence electrons. The van der Waals surface area contributed by atoms with Gasteiger partial charge in [0.05, 0.1) is 0 Å². The molecule has 17 heavy (non-hydrogen) atoms. The van der Waals surface area contributed by atoms with Crippen LogP contribution < -0.4 is 0 Å². The zero-order valence-corrected chi connectivity index (χ0v) is 10.6. The summed E-state index contributed by atoms with van der Waals surface area (Å²) in [7, 11) is 0. The maximum atomic E-state index is 10.3. The lowest BCUT2D eigenvalue weighted by Crippen LogP contribution is -2.27. The summed E-state index contributed by atoms with van der Waals surface area (Å²) in [5.41, 5.74) is 0. The zero-order valence-electron chi connectivity index (χ0n) is 10.6. The molecule has 1 saturated heterocycles. The molecule has 3 heteroatoms. The van der Waals surface area contributed by atoms with Gasteiger partial charge in [-0.1, -0.05) is 25.7 Å². The number of carbonyl (C=O) groups excluding carboxylic acids is 1. The number of carbonyl (C=O) groups is 1. The van der Waals surface area contributed by atoms with Gasteiger partial charge >= 0.3 is 0 Å². The first-order valence-electron chi connectivity index (χ1n) is 6.58. The van der Waals surface area contributed by atoms with Crippen molar-refractivity contribution in [3.05, 3.63) is 0 Å². The minimum Gasteiger partial charge on any atom is -0.353 e. The monoisotopic (exact) mass is 238 g/mol. The first-order chi connectivity index (χ1) is 8.36. The fourth-order valence-corrected chi connectivity index (χ4v) is 1.88. The topological polar surface area (TPSA) is 35.5 Å². The van der Waals surface area contributed by atoms with Crippen molar-refractivity contribution in [1.29, 1.82) is 0 Å². The third kappa shape index (κ3) is 6.45. The van der Waals surface area contributed by atoms with E-state index in [1.54, 1.807) is 0 Å². The Hall–Kier alpha value is -0.850. The molecule has 0 aromatic heterocycles. The molecule has 1 aliphatic rings. The second-order valence-electron chi connectivity index (χ2n) is 4.32. The number of unbranched alkanes of at least 4 members (excludes halogenated alkanes) is 2. The van der Waals surface area contributed by atoms with E-state index in [1.807, 2.05) is 0 Å². The third-order valence-electron chi connectivity index (χ3n) is 2.83. The van der Waals surface area contributed by atoms with Crippen LogP contribution in [0.5, 0.6) is 0 Å². The van der Waals surface area contributed by atoms with Crippen LogP contribution >= 0.6 is 0 Å². The Labute approximate surface area is 104 Å². The lowest BCUT2D eigenvalue weighted by atomic mass is 10.1. The van der Waals surface area contributed by atoms with Crippen molar-refractivity contribution in [3.8, 4) is 11.8 Å². The van der Waals surface area contributed by atoms with Crippen LogP contribution in [0.15, 0.2) is 0 Å². The number of ether oxygens (including phenoxy) is 2. The second kappa shape index (κ2) is 9.21. The van der Waals surface area contributed by atoms with Crippen LogP contribution in [-0.2, 0) is 14.3 Å². The molecule has 0 amide bonds. The molecule has 1 aliphatic heterocycles. The summed E-state index contributed by atoms with van der Waals surface area (Å²) < 4.78 is 11.3. The molecule has 0 spiro atoms. The Bertz CT molecular complexity index is 258. The molecule has 2 atom stereocenters.